The predicted molar refractivity (Wildman–Crippen MR) is 228 cm³/mol. The highest BCUT2D eigenvalue weighted by Gasteiger charge is 2.50. The van der Waals surface area contributed by atoms with E-state index in [0.29, 0.717) is 12.2 Å². The SMILES string of the molecule is CC/C=C/C=C\CCCCCCCC(=O)SCCNC(=O)CCNC(=O)[C@H](O)C(C)(C)COP(=O)(O)OP(=O)(O)OC[C@H]1O[C@@H](n2cnc3c(N)ncnc32)[C@H](O)[C@@H]1OP(=O)(O)O. The number of amides is 2. The van der Waals surface area contributed by atoms with Crippen molar-refractivity contribution in [2.24, 2.45) is 5.41 Å². The van der Waals surface area contributed by atoms with E-state index in [1.165, 1.54) is 13.8 Å². The van der Waals surface area contributed by atoms with Crippen molar-refractivity contribution in [3.05, 3.63) is 37.0 Å². The van der Waals surface area contributed by atoms with Crippen LogP contribution in [0.5, 0.6) is 0 Å². The zero-order chi connectivity index (χ0) is 46.8. The lowest BCUT2D eigenvalue weighted by Crippen LogP contribution is -2.46. The highest BCUT2D eigenvalue weighted by molar-refractivity contribution is 8.13. The number of nitrogen functional groups attached to an aromatic ring is 1. The van der Waals surface area contributed by atoms with Crippen molar-refractivity contribution in [2.75, 3.05) is 37.8 Å². The molecular weight excluding hydrogens is 915 g/mol. The van der Waals surface area contributed by atoms with Crippen molar-refractivity contribution in [3.8, 4) is 0 Å². The standard InChI is InChI=1S/C35H58N7O17P3S/c1-4-5-6-7-8-9-10-11-12-13-14-15-26(44)63-19-18-37-25(43)16-17-38-33(47)30(46)35(2,3)21-56-62(53,54)59-61(51,52)55-20-24-29(58-60(48,49)50)28(45)34(57-24)42-23-41-27-31(36)39-22-40-32(27)42/h5-8,22-24,28-30,34,45-46H,4,9-21H2,1-3H3,(H,37,43)(H,38,47)(H,51,52)(H,53,54)(H2,36,39,40)(H2,48,49,50)/b6-5+,8-7-/t24-,28-,29-,30+,34-/m1/s1. The molecule has 356 valence electrons. The summed E-state index contributed by atoms with van der Waals surface area (Å²) in [5.41, 5.74) is 4.28. The van der Waals surface area contributed by atoms with Crippen molar-refractivity contribution in [3.63, 3.8) is 0 Å². The summed E-state index contributed by atoms with van der Waals surface area (Å²) in [5.74, 6) is -1.05. The maximum absolute atomic E-state index is 12.7. The minimum Gasteiger partial charge on any atom is -0.386 e. The minimum absolute atomic E-state index is 0.0317. The van der Waals surface area contributed by atoms with Gasteiger partial charge in [-0.25, -0.2) is 28.6 Å². The van der Waals surface area contributed by atoms with Gasteiger partial charge in [0, 0.05) is 37.1 Å². The lowest BCUT2D eigenvalue weighted by Gasteiger charge is -2.30. The molecule has 0 bridgehead atoms. The lowest BCUT2D eigenvalue weighted by molar-refractivity contribution is -0.137. The number of carbonyl (C=O) groups is 3. The number of carbonyl (C=O) groups excluding carboxylic acids is 3. The Morgan fingerprint density at radius 1 is 0.968 bits per heavy atom. The van der Waals surface area contributed by atoms with E-state index in [-0.39, 0.29) is 41.6 Å². The average molecular weight is 974 g/mol. The molecule has 2 unspecified atom stereocenters. The number of ether oxygens (including phenoxy) is 1. The second-order valence-electron chi connectivity index (χ2n) is 14.9. The van der Waals surface area contributed by atoms with Gasteiger partial charge in [-0.15, -0.1) is 0 Å². The van der Waals surface area contributed by atoms with Crippen LogP contribution in [0.4, 0.5) is 5.82 Å². The van der Waals surface area contributed by atoms with Crippen LogP contribution in [0, 0.1) is 5.41 Å². The molecule has 1 aliphatic rings. The Morgan fingerprint density at radius 2 is 1.65 bits per heavy atom. The third kappa shape index (κ3) is 19.2. The monoisotopic (exact) mass is 973 g/mol. The number of unbranched alkanes of at least 4 members (excludes halogenated alkanes) is 5. The topological polar surface area (TPSA) is 364 Å². The first kappa shape index (κ1) is 54.4. The molecule has 24 nitrogen and oxygen atoms in total. The number of nitrogens with two attached hydrogens (primary N) is 1. The fraction of sp³-hybridized carbons (Fsp3) is 0.657. The van der Waals surface area contributed by atoms with Crippen LogP contribution >= 0.6 is 35.2 Å². The van der Waals surface area contributed by atoms with E-state index in [1.54, 1.807) is 0 Å². The van der Waals surface area contributed by atoms with Crippen molar-refractivity contribution < 1.29 is 80.5 Å². The van der Waals surface area contributed by atoms with Crippen LogP contribution in [-0.4, -0.2) is 123 Å². The number of fused-ring (bicyclic) bond motifs is 1. The summed E-state index contributed by atoms with van der Waals surface area (Å²) in [7, 11) is -16.4. The molecule has 0 aromatic carbocycles. The summed E-state index contributed by atoms with van der Waals surface area (Å²) >= 11 is 1.14. The first-order valence-electron chi connectivity index (χ1n) is 19.9. The van der Waals surface area contributed by atoms with Crippen LogP contribution < -0.4 is 16.4 Å². The first-order valence-corrected chi connectivity index (χ1v) is 25.4. The van der Waals surface area contributed by atoms with Crippen LogP contribution in [0.3, 0.4) is 0 Å². The number of allylic oxidation sites excluding steroid dienone is 4. The fourth-order valence-electron chi connectivity index (χ4n) is 5.82. The normalized spacial score (nSPS) is 20.8. The maximum Gasteiger partial charge on any atom is 0.481 e. The molecule has 10 N–H and O–H groups in total. The van der Waals surface area contributed by atoms with Crippen LogP contribution in [0.2, 0.25) is 0 Å². The highest BCUT2D eigenvalue weighted by atomic mass is 32.2. The molecule has 0 saturated carbocycles. The molecule has 63 heavy (non-hydrogen) atoms. The second kappa shape index (κ2) is 25.7. The summed E-state index contributed by atoms with van der Waals surface area (Å²) < 4.78 is 62.3. The number of rotatable bonds is 29. The van der Waals surface area contributed by atoms with Gasteiger partial charge >= 0.3 is 23.5 Å². The number of nitrogens with zero attached hydrogens (tertiary/aromatic N) is 4. The number of hydrogen-bond donors (Lipinski definition) is 9. The Bertz CT molecular complexity index is 2020. The molecule has 3 heterocycles. The number of anilines is 1. The summed E-state index contributed by atoms with van der Waals surface area (Å²) in [6.07, 6.45) is 9.07. The van der Waals surface area contributed by atoms with E-state index >= 15 is 0 Å². The number of phosphoric ester groups is 3. The summed E-state index contributed by atoms with van der Waals surface area (Å²) in [6.45, 7) is 2.64. The molecule has 1 saturated heterocycles. The van der Waals surface area contributed by atoms with Crippen molar-refractivity contribution in [1.29, 1.82) is 0 Å². The molecule has 2 amide bonds. The smallest absolute Gasteiger partial charge is 0.386 e. The van der Waals surface area contributed by atoms with Crippen molar-refractivity contribution >= 4 is 69.1 Å². The Balaban J connectivity index is 1.36. The van der Waals surface area contributed by atoms with E-state index in [9.17, 15) is 57.9 Å². The van der Waals surface area contributed by atoms with Gasteiger partial charge in [0.1, 0.15) is 36.3 Å². The highest BCUT2D eigenvalue weighted by Crippen LogP contribution is 2.61. The molecule has 1 aliphatic heterocycles. The zero-order valence-electron chi connectivity index (χ0n) is 35.0. The number of aliphatic hydroxyl groups is 2. The van der Waals surface area contributed by atoms with Gasteiger partial charge in [-0.2, -0.15) is 4.31 Å². The molecule has 3 rings (SSSR count). The maximum atomic E-state index is 12.7. The Hall–Kier alpha value is -2.96. The number of aliphatic hydroxyl groups excluding tert-OH is 2. The van der Waals surface area contributed by atoms with E-state index in [2.05, 4.69) is 59.6 Å². The second-order valence-corrected chi connectivity index (χ2v) is 20.2. The van der Waals surface area contributed by atoms with Crippen molar-refractivity contribution in [2.45, 2.75) is 109 Å². The Labute approximate surface area is 368 Å². The molecule has 0 spiro atoms. The molecular formula is C35H58N7O17P3S. The lowest BCUT2D eigenvalue weighted by atomic mass is 9.87. The zero-order valence-corrected chi connectivity index (χ0v) is 38.5. The van der Waals surface area contributed by atoms with Crippen LogP contribution in [0.1, 0.15) is 84.8 Å². The quantitative estimate of drug-likeness (QED) is 0.0321. The molecule has 2 aromatic heterocycles. The first-order chi connectivity index (χ1) is 29.6. The van der Waals surface area contributed by atoms with Gasteiger partial charge in [0.25, 0.3) is 0 Å². The van der Waals surface area contributed by atoms with Crippen molar-refractivity contribution in [1.82, 2.24) is 30.2 Å². The summed E-state index contributed by atoms with van der Waals surface area (Å²) in [6, 6.07) is 0. The van der Waals surface area contributed by atoms with Gasteiger partial charge in [0.05, 0.1) is 19.5 Å². The van der Waals surface area contributed by atoms with Crippen LogP contribution in [0.25, 0.3) is 11.2 Å². The number of thioether (sulfide) groups is 1. The fourth-order valence-corrected chi connectivity index (χ4v) is 9.37. The van der Waals surface area contributed by atoms with Crippen LogP contribution in [-0.2, 0) is 50.7 Å². The van der Waals surface area contributed by atoms with Gasteiger partial charge in [-0.1, -0.05) is 76.1 Å². The van der Waals surface area contributed by atoms with Gasteiger partial charge in [-0.05, 0) is 25.7 Å². The molecule has 0 aliphatic carbocycles. The van der Waals surface area contributed by atoms with Gasteiger partial charge in [-0.3, -0.25) is 32.5 Å². The van der Waals surface area contributed by atoms with E-state index in [0.717, 1.165) is 73.9 Å². The summed E-state index contributed by atoms with van der Waals surface area (Å²) in [4.78, 5) is 88.1. The van der Waals surface area contributed by atoms with Gasteiger partial charge < -0.3 is 50.9 Å². The number of phosphoric acid groups is 3. The molecule has 0 radical (unpaired) electrons. The van der Waals surface area contributed by atoms with E-state index in [1.807, 2.05) is 6.08 Å². The van der Waals surface area contributed by atoms with Crippen LogP contribution in [0.15, 0.2) is 37.0 Å². The number of nitrogens with one attached hydrogen (secondary N) is 2. The average Bonchev–Trinajstić information content (AvgIpc) is 3.76. The Kier molecular flexibility index (Phi) is 22.1. The molecule has 1 fully saturated rings. The van der Waals surface area contributed by atoms with Gasteiger partial charge in [0.2, 0.25) is 11.8 Å². The van der Waals surface area contributed by atoms with E-state index < -0.39 is 84.6 Å². The third-order valence-corrected chi connectivity index (χ3v) is 13.2. The number of imidazole rings is 1. The summed E-state index contributed by atoms with van der Waals surface area (Å²) in [5, 5.41) is 26.6. The molecule has 2 aromatic rings. The number of aromatic nitrogens is 4. The minimum atomic E-state index is -5.57. The Morgan fingerprint density at radius 3 is 2.37 bits per heavy atom. The van der Waals surface area contributed by atoms with Gasteiger partial charge in [0.15, 0.2) is 22.8 Å². The number of hydrogen-bond acceptors (Lipinski definition) is 18. The largest absolute Gasteiger partial charge is 0.481 e. The third-order valence-electron chi connectivity index (χ3n) is 9.14. The molecule has 7 atom stereocenters. The molecule has 28 heteroatoms. The predicted octanol–water partition coefficient (Wildman–Crippen LogP) is 2.92. The van der Waals surface area contributed by atoms with E-state index in [4.69, 9.17) is 19.5 Å².